The van der Waals surface area contributed by atoms with Gasteiger partial charge in [0.05, 0.1) is 0 Å². The Kier molecular flexibility index (Phi) is 4.53. The topological polar surface area (TPSA) is 3.24 Å². The van der Waals surface area contributed by atoms with E-state index in [0.717, 1.165) is 6.04 Å². The Balaban J connectivity index is 1.59. The predicted molar refractivity (Wildman–Crippen MR) is 103 cm³/mol. The summed E-state index contributed by atoms with van der Waals surface area (Å²) in [6.45, 7) is 4.91. The van der Waals surface area contributed by atoms with Crippen LogP contribution in [0.1, 0.15) is 43.2 Å². The van der Waals surface area contributed by atoms with Crippen LogP contribution >= 0.6 is 0 Å². The van der Waals surface area contributed by atoms with Crippen molar-refractivity contribution in [2.24, 2.45) is 0 Å². The minimum atomic E-state index is 0.786. The van der Waals surface area contributed by atoms with E-state index in [1.807, 2.05) is 0 Å². The van der Waals surface area contributed by atoms with Gasteiger partial charge >= 0.3 is 0 Å². The van der Waals surface area contributed by atoms with Crippen LogP contribution in [0.15, 0.2) is 54.6 Å². The van der Waals surface area contributed by atoms with Gasteiger partial charge in [-0.05, 0) is 79.9 Å². The molecule has 1 unspecified atom stereocenters. The van der Waals surface area contributed by atoms with Crippen molar-refractivity contribution in [2.45, 2.75) is 45.1 Å². The summed E-state index contributed by atoms with van der Waals surface area (Å²) >= 11 is 0. The highest BCUT2D eigenvalue weighted by Gasteiger charge is 2.24. The molecule has 1 fully saturated rings. The summed E-state index contributed by atoms with van der Waals surface area (Å²) in [6, 6.07) is 18.3. The normalized spacial score (nSPS) is 21.7. The maximum atomic E-state index is 2.71. The number of likely N-dealkylation sites (tertiary alicyclic amines) is 1. The largest absolute Gasteiger partial charge is 0.300 e. The van der Waals surface area contributed by atoms with Crippen LogP contribution in [0.4, 0.5) is 0 Å². The highest BCUT2D eigenvalue weighted by molar-refractivity contribution is 5.77. The summed E-state index contributed by atoms with van der Waals surface area (Å²) in [4.78, 5) is 2.71. The Labute approximate surface area is 146 Å². The van der Waals surface area contributed by atoms with E-state index in [4.69, 9.17) is 0 Å². The van der Waals surface area contributed by atoms with E-state index in [2.05, 4.69) is 66.4 Å². The number of allylic oxidation sites excluding steroid dienone is 1. The molecule has 124 valence electrons. The third kappa shape index (κ3) is 3.06. The van der Waals surface area contributed by atoms with Crippen molar-refractivity contribution >= 4 is 5.57 Å². The zero-order valence-electron chi connectivity index (χ0n) is 14.7. The van der Waals surface area contributed by atoms with Crippen molar-refractivity contribution < 1.29 is 0 Å². The summed E-state index contributed by atoms with van der Waals surface area (Å²) in [5.41, 5.74) is 7.13. The van der Waals surface area contributed by atoms with E-state index in [1.165, 1.54) is 67.4 Å². The number of hydrogen-bond donors (Lipinski definition) is 0. The number of benzene rings is 2. The second-order valence-corrected chi connectivity index (χ2v) is 7.24. The van der Waals surface area contributed by atoms with Crippen LogP contribution in [0.5, 0.6) is 0 Å². The summed E-state index contributed by atoms with van der Waals surface area (Å²) < 4.78 is 0. The smallest absolute Gasteiger partial charge is 0.0133 e. The lowest BCUT2D eigenvalue weighted by atomic mass is 9.86. The van der Waals surface area contributed by atoms with Gasteiger partial charge in [-0.1, -0.05) is 54.6 Å². The van der Waals surface area contributed by atoms with E-state index in [0.29, 0.717) is 0 Å². The SMILES string of the molecule is Cc1c(C2=CCC(N3CCCC3)CC2)cccc1-c1ccccc1. The molecule has 0 saturated carbocycles. The zero-order valence-corrected chi connectivity index (χ0v) is 14.7. The van der Waals surface area contributed by atoms with Gasteiger partial charge < -0.3 is 4.90 Å². The molecule has 24 heavy (non-hydrogen) atoms. The molecule has 2 aliphatic rings. The Morgan fingerprint density at radius 3 is 2.33 bits per heavy atom. The summed E-state index contributed by atoms with van der Waals surface area (Å²) in [5.74, 6) is 0. The molecular formula is C23H27N. The molecule has 0 amide bonds. The van der Waals surface area contributed by atoms with Crippen LogP contribution in [0.3, 0.4) is 0 Å². The minimum Gasteiger partial charge on any atom is -0.300 e. The van der Waals surface area contributed by atoms with Gasteiger partial charge in [-0.25, -0.2) is 0 Å². The first-order valence-electron chi connectivity index (χ1n) is 9.41. The average molecular weight is 317 g/mol. The predicted octanol–water partition coefficient (Wildman–Crippen LogP) is 5.69. The fourth-order valence-corrected chi connectivity index (χ4v) is 4.42. The van der Waals surface area contributed by atoms with Crippen LogP contribution in [-0.2, 0) is 0 Å². The molecule has 1 atom stereocenters. The van der Waals surface area contributed by atoms with Gasteiger partial charge in [0, 0.05) is 6.04 Å². The standard InChI is InChI=1S/C23H27N/c1-18-22(19-8-3-2-4-9-19)10-7-11-23(18)20-12-14-21(15-13-20)24-16-5-6-17-24/h2-4,7-12,21H,5-6,13-17H2,1H3. The zero-order chi connectivity index (χ0) is 16.4. The molecule has 1 heteroatoms. The van der Waals surface area contributed by atoms with E-state index in [9.17, 15) is 0 Å². The monoisotopic (exact) mass is 317 g/mol. The lowest BCUT2D eigenvalue weighted by Crippen LogP contribution is -2.33. The molecule has 2 aromatic rings. The third-order valence-electron chi connectivity index (χ3n) is 5.80. The van der Waals surface area contributed by atoms with Crippen LogP contribution in [0.2, 0.25) is 0 Å². The van der Waals surface area contributed by atoms with Crippen molar-refractivity contribution in [1.82, 2.24) is 4.90 Å². The quantitative estimate of drug-likeness (QED) is 0.702. The van der Waals surface area contributed by atoms with Crippen molar-refractivity contribution in [3.63, 3.8) is 0 Å². The first kappa shape index (κ1) is 15.7. The highest BCUT2D eigenvalue weighted by atomic mass is 15.2. The van der Waals surface area contributed by atoms with Crippen molar-refractivity contribution in [3.8, 4) is 11.1 Å². The fraction of sp³-hybridized carbons (Fsp3) is 0.391. The summed E-state index contributed by atoms with van der Waals surface area (Å²) in [7, 11) is 0. The van der Waals surface area contributed by atoms with Gasteiger partial charge in [0.25, 0.3) is 0 Å². The van der Waals surface area contributed by atoms with Crippen molar-refractivity contribution in [3.05, 3.63) is 65.7 Å². The molecule has 0 bridgehead atoms. The third-order valence-corrected chi connectivity index (χ3v) is 5.80. The molecule has 4 rings (SSSR count). The van der Waals surface area contributed by atoms with Crippen molar-refractivity contribution in [2.75, 3.05) is 13.1 Å². The van der Waals surface area contributed by atoms with Gasteiger partial charge in [0.1, 0.15) is 0 Å². The van der Waals surface area contributed by atoms with Crippen LogP contribution in [-0.4, -0.2) is 24.0 Å². The molecule has 1 saturated heterocycles. The minimum absolute atomic E-state index is 0.786. The number of hydrogen-bond acceptors (Lipinski definition) is 1. The van der Waals surface area contributed by atoms with Crippen LogP contribution < -0.4 is 0 Å². The van der Waals surface area contributed by atoms with E-state index in [-0.39, 0.29) is 0 Å². The molecule has 2 aromatic carbocycles. The van der Waals surface area contributed by atoms with E-state index < -0.39 is 0 Å². The maximum absolute atomic E-state index is 2.71. The lowest BCUT2D eigenvalue weighted by Gasteiger charge is -2.30. The second kappa shape index (κ2) is 6.94. The highest BCUT2D eigenvalue weighted by Crippen LogP contribution is 2.35. The lowest BCUT2D eigenvalue weighted by molar-refractivity contribution is 0.229. The fourth-order valence-electron chi connectivity index (χ4n) is 4.42. The average Bonchev–Trinajstić information content (AvgIpc) is 3.18. The van der Waals surface area contributed by atoms with Gasteiger partial charge in [-0.15, -0.1) is 0 Å². The Hall–Kier alpha value is -1.86. The van der Waals surface area contributed by atoms with Gasteiger partial charge in [0.2, 0.25) is 0 Å². The van der Waals surface area contributed by atoms with Gasteiger partial charge in [0.15, 0.2) is 0 Å². The van der Waals surface area contributed by atoms with Gasteiger partial charge in [-0.2, -0.15) is 0 Å². The number of rotatable bonds is 3. The summed E-state index contributed by atoms with van der Waals surface area (Å²) in [5, 5.41) is 0. The molecule has 0 radical (unpaired) electrons. The van der Waals surface area contributed by atoms with Crippen LogP contribution in [0, 0.1) is 6.92 Å². The second-order valence-electron chi connectivity index (χ2n) is 7.24. The first-order chi connectivity index (χ1) is 11.8. The molecule has 1 aliphatic heterocycles. The van der Waals surface area contributed by atoms with Crippen molar-refractivity contribution in [1.29, 1.82) is 0 Å². The number of nitrogens with zero attached hydrogens (tertiary/aromatic N) is 1. The molecular weight excluding hydrogens is 290 g/mol. The van der Waals surface area contributed by atoms with Crippen LogP contribution in [0.25, 0.3) is 16.7 Å². The molecule has 1 heterocycles. The Morgan fingerprint density at radius 1 is 0.875 bits per heavy atom. The van der Waals surface area contributed by atoms with Gasteiger partial charge in [-0.3, -0.25) is 0 Å². The molecule has 1 aliphatic carbocycles. The molecule has 0 aromatic heterocycles. The molecule has 0 spiro atoms. The summed E-state index contributed by atoms with van der Waals surface area (Å²) in [6.07, 6.45) is 9.08. The molecule has 0 N–H and O–H groups in total. The van der Waals surface area contributed by atoms with E-state index >= 15 is 0 Å². The van der Waals surface area contributed by atoms with E-state index in [1.54, 1.807) is 5.57 Å². The maximum Gasteiger partial charge on any atom is 0.0133 e. The first-order valence-corrected chi connectivity index (χ1v) is 9.41. The Bertz CT molecular complexity index is 723. The Morgan fingerprint density at radius 2 is 1.62 bits per heavy atom. The molecule has 1 nitrogen and oxygen atoms in total.